The van der Waals surface area contributed by atoms with E-state index in [0.29, 0.717) is 12.0 Å². The molecule has 3 nitrogen and oxygen atoms in total. The second-order valence-corrected chi connectivity index (χ2v) is 3.53. The molecular weight excluding hydrogens is 180 g/mol. The fourth-order valence-electron chi connectivity index (χ4n) is 1.38. The summed E-state index contributed by atoms with van der Waals surface area (Å²) >= 11 is 0. The number of unbranched alkanes of at least 4 members (excludes halogenated alkanes) is 1. The van der Waals surface area contributed by atoms with Crippen molar-refractivity contribution in [2.45, 2.75) is 40.0 Å². The monoisotopic (exact) mass is 198 g/mol. The highest BCUT2D eigenvalue weighted by Crippen LogP contribution is 2.18. The molecule has 0 spiro atoms. The van der Waals surface area contributed by atoms with Crippen molar-refractivity contribution in [3.63, 3.8) is 0 Å². The molecule has 0 saturated heterocycles. The van der Waals surface area contributed by atoms with Crippen LogP contribution in [0.5, 0.6) is 0 Å². The molecule has 0 aromatic heterocycles. The Bertz CT molecular complexity index is 241. The van der Waals surface area contributed by atoms with Crippen LogP contribution in [0.15, 0.2) is 11.6 Å². The van der Waals surface area contributed by atoms with E-state index in [1.165, 1.54) is 13.0 Å². The summed E-state index contributed by atoms with van der Waals surface area (Å²) in [5.41, 5.74) is 0.651. The Labute approximate surface area is 84.8 Å². The molecule has 0 aromatic rings. The quantitative estimate of drug-likeness (QED) is 0.667. The standard InChI is InChI=1S/C11H18O3/c1-4-5-6-10(11(13)14)8(2)7-9(3)12/h7,10H,4-6H2,1-3H3,(H,13,14)/b8-7+. The smallest absolute Gasteiger partial charge is 0.310 e. The van der Waals surface area contributed by atoms with Gasteiger partial charge in [-0.3, -0.25) is 9.59 Å². The summed E-state index contributed by atoms with van der Waals surface area (Å²) in [7, 11) is 0. The molecule has 0 bridgehead atoms. The summed E-state index contributed by atoms with van der Waals surface area (Å²) in [5.74, 6) is -1.43. The third-order valence-corrected chi connectivity index (χ3v) is 2.13. The zero-order valence-corrected chi connectivity index (χ0v) is 9.04. The second kappa shape index (κ2) is 6.35. The van der Waals surface area contributed by atoms with Crippen LogP contribution >= 0.6 is 0 Å². The molecule has 1 N–H and O–H groups in total. The maximum Gasteiger partial charge on any atom is 0.310 e. The fraction of sp³-hybridized carbons (Fsp3) is 0.636. The Kier molecular flexibility index (Phi) is 5.84. The maximum atomic E-state index is 10.9. The highest BCUT2D eigenvalue weighted by Gasteiger charge is 2.18. The lowest BCUT2D eigenvalue weighted by Crippen LogP contribution is -2.15. The lowest BCUT2D eigenvalue weighted by molar-refractivity contribution is -0.140. The van der Waals surface area contributed by atoms with Gasteiger partial charge in [0.2, 0.25) is 0 Å². The minimum Gasteiger partial charge on any atom is -0.481 e. The minimum atomic E-state index is -0.839. The summed E-state index contributed by atoms with van der Waals surface area (Å²) in [6.07, 6.45) is 3.87. The van der Waals surface area contributed by atoms with Gasteiger partial charge in [0.15, 0.2) is 5.78 Å². The van der Waals surface area contributed by atoms with Gasteiger partial charge in [0.1, 0.15) is 0 Å². The number of ketones is 1. The van der Waals surface area contributed by atoms with E-state index >= 15 is 0 Å². The molecular formula is C11H18O3. The molecule has 0 rings (SSSR count). The van der Waals surface area contributed by atoms with Crippen LogP contribution in [0.3, 0.4) is 0 Å². The molecule has 1 atom stereocenters. The van der Waals surface area contributed by atoms with Crippen LogP contribution in [-0.4, -0.2) is 16.9 Å². The van der Waals surface area contributed by atoms with Gasteiger partial charge in [0.05, 0.1) is 5.92 Å². The molecule has 0 aliphatic rings. The van der Waals surface area contributed by atoms with Crippen molar-refractivity contribution in [3.8, 4) is 0 Å². The Morgan fingerprint density at radius 3 is 2.29 bits per heavy atom. The van der Waals surface area contributed by atoms with Gasteiger partial charge in [-0.25, -0.2) is 0 Å². The first-order valence-electron chi connectivity index (χ1n) is 4.90. The van der Waals surface area contributed by atoms with E-state index in [0.717, 1.165) is 12.8 Å². The molecule has 0 heterocycles. The van der Waals surface area contributed by atoms with Crippen LogP contribution in [-0.2, 0) is 9.59 Å². The van der Waals surface area contributed by atoms with Crippen molar-refractivity contribution in [3.05, 3.63) is 11.6 Å². The van der Waals surface area contributed by atoms with Crippen molar-refractivity contribution < 1.29 is 14.7 Å². The van der Waals surface area contributed by atoms with Gasteiger partial charge in [0, 0.05) is 0 Å². The lowest BCUT2D eigenvalue weighted by atomic mass is 9.94. The van der Waals surface area contributed by atoms with Crippen LogP contribution in [0.1, 0.15) is 40.0 Å². The van der Waals surface area contributed by atoms with Crippen molar-refractivity contribution in [1.82, 2.24) is 0 Å². The van der Waals surface area contributed by atoms with Gasteiger partial charge in [0.25, 0.3) is 0 Å². The first-order chi connectivity index (χ1) is 6.49. The Hall–Kier alpha value is -1.12. The van der Waals surface area contributed by atoms with Gasteiger partial charge < -0.3 is 5.11 Å². The number of allylic oxidation sites excluding steroid dienone is 1. The Balaban J connectivity index is 4.48. The first-order valence-corrected chi connectivity index (χ1v) is 4.90. The molecule has 14 heavy (non-hydrogen) atoms. The van der Waals surface area contributed by atoms with Crippen molar-refractivity contribution in [1.29, 1.82) is 0 Å². The van der Waals surface area contributed by atoms with E-state index in [-0.39, 0.29) is 5.78 Å². The number of carboxylic acid groups (broad SMARTS) is 1. The highest BCUT2D eigenvalue weighted by atomic mass is 16.4. The molecule has 80 valence electrons. The van der Waals surface area contributed by atoms with Gasteiger partial charge in [-0.05, 0) is 26.3 Å². The SMILES string of the molecule is CCCCC(C(=O)O)/C(C)=C/C(C)=O. The van der Waals surface area contributed by atoms with Crippen molar-refractivity contribution in [2.24, 2.45) is 5.92 Å². The average molecular weight is 198 g/mol. The highest BCUT2D eigenvalue weighted by molar-refractivity contribution is 5.89. The molecule has 1 unspecified atom stereocenters. The number of carbonyl (C=O) groups is 2. The fourth-order valence-corrected chi connectivity index (χ4v) is 1.38. The van der Waals surface area contributed by atoms with E-state index in [1.54, 1.807) is 6.92 Å². The van der Waals surface area contributed by atoms with Crippen LogP contribution in [0.2, 0.25) is 0 Å². The predicted molar refractivity (Wildman–Crippen MR) is 55.1 cm³/mol. The van der Waals surface area contributed by atoms with Crippen LogP contribution in [0.25, 0.3) is 0 Å². The zero-order valence-electron chi connectivity index (χ0n) is 9.04. The van der Waals surface area contributed by atoms with E-state index in [1.807, 2.05) is 6.92 Å². The minimum absolute atomic E-state index is 0.0924. The normalized spacial score (nSPS) is 13.8. The Morgan fingerprint density at radius 2 is 1.93 bits per heavy atom. The topological polar surface area (TPSA) is 54.4 Å². The van der Waals surface area contributed by atoms with Gasteiger partial charge in [-0.1, -0.05) is 25.3 Å². The molecule has 0 aromatic carbocycles. The number of carboxylic acids is 1. The molecule has 0 aliphatic carbocycles. The molecule has 0 saturated carbocycles. The summed E-state index contributed by atoms with van der Waals surface area (Å²) in [6, 6.07) is 0. The first kappa shape index (κ1) is 12.9. The van der Waals surface area contributed by atoms with E-state index in [9.17, 15) is 9.59 Å². The van der Waals surface area contributed by atoms with Gasteiger partial charge in [-0.15, -0.1) is 0 Å². The largest absolute Gasteiger partial charge is 0.481 e. The van der Waals surface area contributed by atoms with Crippen molar-refractivity contribution >= 4 is 11.8 Å². The average Bonchev–Trinajstić information content (AvgIpc) is 2.02. The summed E-state index contributed by atoms with van der Waals surface area (Å²) in [6.45, 7) is 5.15. The lowest BCUT2D eigenvalue weighted by Gasteiger charge is -2.11. The summed E-state index contributed by atoms with van der Waals surface area (Å²) < 4.78 is 0. The summed E-state index contributed by atoms with van der Waals surface area (Å²) in [5, 5.41) is 8.93. The molecule has 0 aliphatic heterocycles. The van der Waals surface area contributed by atoms with Crippen LogP contribution < -0.4 is 0 Å². The van der Waals surface area contributed by atoms with Gasteiger partial charge in [-0.2, -0.15) is 0 Å². The molecule has 0 radical (unpaired) electrons. The predicted octanol–water partition coefficient (Wildman–Crippen LogP) is 2.41. The van der Waals surface area contributed by atoms with E-state index in [2.05, 4.69) is 0 Å². The molecule has 3 heteroatoms. The van der Waals surface area contributed by atoms with Crippen molar-refractivity contribution in [2.75, 3.05) is 0 Å². The second-order valence-electron chi connectivity index (χ2n) is 3.53. The molecule has 0 fully saturated rings. The number of aliphatic carboxylic acids is 1. The van der Waals surface area contributed by atoms with Crippen LogP contribution in [0, 0.1) is 5.92 Å². The zero-order chi connectivity index (χ0) is 11.1. The number of hydrogen-bond acceptors (Lipinski definition) is 2. The van der Waals surface area contributed by atoms with E-state index < -0.39 is 11.9 Å². The number of hydrogen-bond donors (Lipinski definition) is 1. The summed E-state index contributed by atoms with van der Waals surface area (Å²) in [4.78, 5) is 21.7. The van der Waals surface area contributed by atoms with Crippen LogP contribution in [0.4, 0.5) is 0 Å². The number of rotatable bonds is 6. The van der Waals surface area contributed by atoms with E-state index in [4.69, 9.17) is 5.11 Å². The maximum absolute atomic E-state index is 10.9. The Morgan fingerprint density at radius 1 is 1.36 bits per heavy atom. The number of carbonyl (C=O) groups excluding carboxylic acids is 1. The van der Waals surface area contributed by atoms with Gasteiger partial charge >= 0.3 is 5.97 Å². The molecule has 0 amide bonds. The third-order valence-electron chi connectivity index (χ3n) is 2.13. The third kappa shape index (κ3) is 4.80.